The first-order chi connectivity index (χ1) is 28.7. The number of hydrogen-bond acceptors (Lipinski definition) is 10. The number of halogens is 1. The largest absolute Gasteiger partial charge is 0.493 e. The fourth-order valence-corrected chi connectivity index (χ4v) is 8.33. The minimum absolute atomic E-state index is 0.0514. The summed E-state index contributed by atoms with van der Waals surface area (Å²) in [6.45, 7) is 9.37. The monoisotopic (exact) mass is 869 g/mol. The molecule has 3 aromatic carbocycles. The molecule has 13 heteroatoms. The van der Waals surface area contributed by atoms with E-state index in [0.29, 0.717) is 36.8 Å². The topological polar surface area (TPSA) is 138 Å². The lowest BCUT2D eigenvalue weighted by Crippen LogP contribution is -2.50. The van der Waals surface area contributed by atoms with Gasteiger partial charge >= 0.3 is 0 Å². The highest BCUT2D eigenvalue weighted by Crippen LogP contribution is 2.36. The van der Waals surface area contributed by atoms with Crippen LogP contribution in [-0.2, 0) is 14.4 Å². The molecule has 0 bridgehead atoms. The lowest BCUT2D eigenvalue weighted by Gasteiger charge is -2.34. The minimum Gasteiger partial charge on any atom is -0.493 e. The molecule has 3 N–H and O–H groups in total. The van der Waals surface area contributed by atoms with Crippen LogP contribution in [0.5, 0.6) is 11.5 Å². The van der Waals surface area contributed by atoms with Crippen LogP contribution in [0.3, 0.4) is 0 Å². The number of benzene rings is 3. The van der Waals surface area contributed by atoms with Gasteiger partial charge in [0.1, 0.15) is 11.6 Å². The predicted molar refractivity (Wildman–Crippen MR) is 237 cm³/mol. The number of nitrogens with zero attached hydrogens (tertiary/aromatic N) is 4. The molecule has 2 saturated heterocycles. The molecule has 2 aliphatic rings. The van der Waals surface area contributed by atoms with Crippen molar-refractivity contribution in [2.45, 2.75) is 96.4 Å². The van der Waals surface area contributed by atoms with Crippen LogP contribution in [0.4, 0.5) is 11.5 Å². The number of carbonyl (C=O) groups excluding carboxylic acids is 3. The summed E-state index contributed by atoms with van der Waals surface area (Å²) in [5.41, 5.74) is 3.71. The van der Waals surface area contributed by atoms with Crippen LogP contribution in [-0.4, -0.2) is 90.5 Å². The predicted octanol–water partition coefficient (Wildman–Crippen LogP) is 8.55. The lowest BCUT2D eigenvalue weighted by atomic mass is 9.90. The molecule has 0 saturated carbocycles. The van der Waals surface area contributed by atoms with Gasteiger partial charge in [-0.05, 0) is 81.1 Å². The van der Waals surface area contributed by atoms with Gasteiger partial charge in [0.05, 0.1) is 37.7 Å². The summed E-state index contributed by atoms with van der Waals surface area (Å²) in [6, 6.07) is 19.8. The van der Waals surface area contributed by atoms with Crippen molar-refractivity contribution >= 4 is 56.1 Å². The molecule has 2 fully saturated rings. The maximum atomic E-state index is 12.9. The molecule has 59 heavy (non-hydrogen) atoms. The Morgan fingerprint density at radius 1 is 0.898 bits per heavy atom. The first kappa shape index (κ1) is 43.8. The molecule has 0 spiro atoms. The zero-order valence-corrected chi connectivity index (χ0v) is 36.5. The van der Waals surface area contributed by atoms with Gasteiger partial charge in [0.2, 0.25) is 17.7 Å². The highest BCUT2D eigenvalue weighted by atomic mass is 79.9. The van der Waals surface area contributed by atoms with Gasteiger partial charge in [-0.15, -0.1) is 0 Å². The van der Waals surface area contributed by atoms with Crippen molar-refractivity contribution in [1.29, 1.82) is 0 Å². The van der Waals surface area contributed by atoms with Gasteiger partial charge in [0.25, 0.3) is 0 Å². The molecular weight excluding hydrogens is 810 g/mol. The van der Waals surface area contributed by atoms with E-state index >= 15 is 0 Å². The molecule has 316 valence electrons. The Kier molecular flexibility index (Phi) is 16.4. The van der Waals surface area contributed by atoms with Crippen molar-refractivity contribution < 1.29 is 23.9 Å². The third kappa shape index (κ3) is 12.9. The first-order valence-electron chi connectivity index (χ1n) is 21.4. The number of anilines is 2. The smallest absolute Gasteiger partial charge is 0.241 e. The van der Waals surface area contributed by atoms with Crippen LogP contribution in [0, 0.1) is 6.92 Å². The Bertz CT molecular complexity index is 2020. The summed E-state index contributed by atoms with van der Waals surface area (Å²) in [5.74, 6) is 2.21. The molecule has 12 nitrogen and oxygen atoms in total. The molecule has 2 atom stereocenters. The van der Waals surface area contributed by atoms with E-state index in [0.717, 1.165) is 83.6 Å². The molecule has 3 amide bonds. The zero-order valence-electron chi connectivity index (χ0n) is 34.9. The number of carbonyl (C=O) groups is 3. The number of ether oxygens (including phenoxy) is 2. The number of piperidine rings is 1. The van der Waals surface area contributed by atoms with Gasteiger partial charge in [-0.2, -0.15) is 0 Å². The van der Waals surface area contributed by atoms with Crippen molar-refractivity contribution in [3.63, 3.8) is 0 Å². The summed E-state index contributed by atoms with van der Waals surface area (Å²) in [5, 5.41) is 10.1. The van der Waals surface area contributed by atoms with Crippen LogP contribution in [0.1, 0.15) is 106 Å². The second kappa shape index (κ2) is 22.0. The van der Waals surface area contributed by atoms with Gasteiger partial charge in [-0.25, -0.2) is 9.97 Å². The van der Waals surface area contributed by atoms with E-state index in [1.54, 1.807) is 7.11 Å². The summed E-state index contributed by atoms with van der Waals surface area (Å²) in [6.07, 6.45) is 11.8. The second-order valence-corrected chi connectivity index (χ2v) is 16.7. The van der Waals surface area contributed by atoms with Crippen molar-refractivity contribution in [3.05, 3.63) is 82.1 Å². The van der Waals surface area contributed by atoms with Crippen molar-refractivity contribution in [3.8, 4) is 11.5 Å². The SMILES string of the molecule is COc1cc2c(N[C@H](C)c3cccc(Br)c3)nc(C)nc2cc1OCCCCCCCCCCCN1CCN(C(=O)CNc2ccc(C3CCC(=O)NC3=O)cc2)CC1. The molecule has 2 aliphatic heterocycles. The Morgan fingerprint density at radius 2 is 1.61 bits per heavy atom. The number of methoxy groups -OCH3 is 1. The number of aryl methyl sites for hydroxylation is 1. The Hall–Kier alpha value is -4.75. The highest BCUT2D eigenvalue weighted by molar-refractivity contribution is 9.10. The lowest BCUT2D eigenvalue weighted by molar-refractivity contribution is -0.134. The van der Waals surface area contributed by atoms with E-state index in [1.165, 1.54) is 44.9 Å². The summed E-state index contributed by atoms with van der Waals surface area (Å²) in [4.78, 5) is 50.3. The quantitative estimate of drug-likeness (QED) is 0.0552. The fourth-order valence-electron chi connectivity index (χ4n) is 7.91. The first-order valence-corrected chi connectivity index (χ1v) is 22.1. The van der Waals surface area contributed by atoms with Crippen molar-refractivity contribution in [2.24, 2.45) is 0 Å². The molecule has 1 aromatic heterocycles. The number of hydrogen-bond donors (Lipinski definition) is 3. The Balaban J connectivity index is 0.790. The third-order valence-corrected chi connectivity index (χ3v) is 11.9. The van der Waals surface area contributed by atoms with Gasteiger partial charge < -0.3 is 25.0 Å². The number of imide groups is 1. The van der Waals surface area contributed by atoms with Gasteiger partial charge in [0, 0.05) is 54.2 Å². The maximum Gasteiger partial charge on any atom is 0.241 e. The minimum atomic E-state index is -0.304. The average molecular weight is 871 g/mol. The van der Waals surface area contributed by atoms with E-state index < -0.39 is 0 Å². The molecule has 3 heterocycles. The third-order valence-electron chi connectivity index (χ3n) is 11.4. The average Bonchev–Trinajstić information content (AvgIpc) is 3.23. The summed E-state index contributed by atoms with van der Waals surface area (Å²) >= 11 is 3.57. The maximum absolute atomic E-state index is 12.9. The molecule has 0 aliphatic carbocycles. The van der Waals surface area contributed by atoms with Crippen LogP contribution in [0.25, 0.3) is 10.9 Å². The Morgan fingerprint density at radius 3 is 2.31 bits per heavy atom. The number of unbranched alkanes of at least 4 members (excludes halogenated alkanes) is 8. The number of nitrogens with one attached hydrogen (secondary N) is 3. The number of aromatic nitrogens is 2. The van der Waals surface area contributed by atoms with Crippen molar-refractivity contribution in [2.75, 3.05) is 63.6 Å². The molecule has 6 rings (SSSR count). The summed E-state index contributed by atoms with van der Waals surface area (Å²) in [7, 11) is 1.67. The van der Waals surface area contributed by atoms with E-state index in [1.807, 2.05) is 60.4 Å². The standard InChI is InChI=1S/C46H60BrN7O5/c1-32(35-14-13-15-36(47)28-35)49-45-39-29-41(58-3)42(30-40(39)50-33(2)51-45)59-27-12-10-8-6-4-5-7-9-11-22-53-23-25-54(26-24-53)44(56)31-48-37-18-16-34(17-19-37)38-20-21-43(55)52-46(38)57/h13-19,28-30,32,38,48H,4-12,20-27,31H2,1-3H3,(H,49,50,51)(H,52,55,57)/t32-,38?/m1/s1. The van der Waals surface area contributed by atoms with Crippen LogP contribution in [0.15, 0.2) is 65.1 Å². The number of amides is 3. The molecule has 1 unspecified atom stereocenters. The highest BCUT2D eigenvalue weighted by Gasteiger charge is 2.28. The van der Waals surface area contributed by atoms with E-state index in [-0.39, 0.29) is 36.2 Å². The number of piperazine rings is 1. The van der Waals surface area contributed by atoms with Gasteiger partial charge in [-0.3, -0.25) is 24.6 Å². The Labute approximate surface area is 357 Å². The van der Waals surface area contributed by atoms with E-state index in [4.69, 9.17) is 19.4 Å². The van der Waals surface area contributed by atoms with Crippen molar-refractivity contribution in [1.82, 2.24) is 25.1 Å². The van der Waals surface area contributed by atoms with Crippen LogP contribution in [0.2, 0.25) is 0 Å². The van der Waals surface area contributed by atoms with E-state index in [9.17, 15) is 14.4 Å². The normalized spacial score (nSPS) is 16.5. The van der Waals surface area contributed by atoms with Crippen LogP contribution < -0.4 is 25.4 Å². The zero-order chi connectivity index (χ0) is 41.6. The number of rotatable bonds is 21. The van der Waals surface area contributed by atoms with E-state index in [2.05, 4.69) is 55.8 Å². The second-order valence-electron chi connectivity index (χ2n) is 15.8. The number of fused-ring (bicyclic) bond motifs is 1. The molecule has 4 aromatic rings. The summed E-state index contributed by atoms with van der Waals surface area (Å²) < 4.78 is 13.0. The molecule has 0 radical (unpaired) electrons. The fraction of sp³-hybridized carbons (Fsp3) is 0.500. The molecular formula is C46H60BrN7O5. The van der Waals surface area contributed by atoms with Gasteiger partial charge in [0.15, 0.2) is 11.5 Å². The van der Waals surface area contributed by atoms with Gasteiger partial charge in [-0.1, -0.05) is 85.1 Å². The van der Waals surface area contributed by atoms with Crippen LogP contribution >= 0.6 is 15.9 Å².